The predicted octanol–water partition coefficient (Wildman–Crippen LogP) is 7.12. The van der Waals surface area contributed by atoms with Gasteiger partial charge in [0, 0.05) is 10.9 Å². The van der Waals surface area contributed by atoms with Crippen LogP contribution in [0.1, 0.15) is 18.1 Å². The Labute approximate surface area is 188 Å². The number of hydrogen-bond acceptors (Lipinski definition) is 3. The van der Waals surface area contributed by atoms with Crippen molar-refractivity contribution in [3.8, 4) is 22.8 Å². The maximum Gasteiger partial charge on any atom is 0.573 e. The summed E-state index contributed by atoms with van der Waals surface area (Å²) < 4.78 is 61.2. The standard InChI is InChI=1S/C26H21F4NO2/c1-2-32-22-12-14-24(31-16-22)20-9-13-23-19(15-20)8-7-18(25(23)27)6-3-17-4-10-21(11-5-17)33-26(28,29)30/h4-5,7-16H,2-3,6H2,1H3. The number of pyridine rings is 1. The van der Waals surface area contributed by atoms with E-state index < -0.39 is 6.36 Å². The van der Waals surface area contributed by atoms with Crippen LogP contribution in [0.4, 0.5) is 17.6 Å². The van der Waals surface area contributed by atoms with Crippen LogP contribution >= 0.6 is 0 Å². The van der Waals surface area contributed by atoms with Crippen LogP contribution in [0.2, 0.25) is 0 Å². The predicted molar refractivity (Wildman–Crippen MR) is 119 cm³/mol. The quantitative estimate of drug-likeness (QED) is 0.278. The lowest BCUT2D eigenvalue weighted by atomic mass is 9.98. The summed E-state index contributed by atoms with van der Waals surface area (Å²) in [6.45, 7) is 2.47. The fourth-order valence-corrected chi connectivity index (χ4v) is 3.63. The Balaban J connectivity index is 1.48. The summed E-state index contributed by atoms with van der Waals surface area (Å²) >= 11 is 0. The molecule has 0 unspecified atom stereocenters. The van der Waals surface area contributed by atoms with Gasteiger partial charge in [-0.3, -0.25) is 4.98 Å². The summed E-state index contributed by atoms with van der Waals surface area (Å²) in [5, 5.41) is 1.27. The third-order valence-corrected chi connectivity index (χ3v) is 5.22. The van der Waals surface area contributed by atoms with Gasteiger partial charge >= 0.3 is 6.36 Å². The van der Waals surface area contributed by atoms with Crippen molar-refractivity contribution in [1.29, 1.82) is 0 Å². The molecule has 0 spiro atoms. The third-order valence-electron chi connectivity index (χ3n) is 5.22. The molecule has 3 aromatic carbocycles. The van der Waals surface area contributed by atoms with E-state index in [0.29, 0.717) is 36.1 Å². The molecule has 3 nitrogen and oxygen atoms in total. The number of rotatable bonds is 7. The lowest BCUT2D eigenvalue weighted by Crippen LogP contribution is -2.17. The van der Waals surface area contributed by atoms with Crippen molar-refractivity contribution in [1.82, 2.24) is 4.98 Å². The molecule has 0 amide bonds. The normalized spacial score (nSPS) is 11.5. The second-order valence-corrected chi connectivity index (χ2v) is 7.48. The number of aryl methyl sites for hydroxylation is 2. The zero-order chi connectivity index (χ0) is 23.4. The van der Waals surface area contributed by atoms with Crippen molar-refractivity contribution < 1.29 is 27.0 Å². The van der Waals surface area contributed by atoms with E-state index in [1.807, 2.05) is 37.3 Å². The molecule has 1 heterocycles. The summed E-state index contributed by atoms with van der Waals surface area (Å²) in [4.78, 5) is 4.41. The number of ether oxygens (including phenoxy) is 2. The molecule has 0 atom stereocenters. The fraction of sp³-hybridized carbons (Fsp3) is 0.192. The summed E-state index contributed by atoms with van der Waals surface area (Å²) in [6, 6.07) is 18.4. The van der Waals surface area contributed by atoms with Crippen molar-refractivity contribution in [2.24, 2.45) is 0 Å². The molecule has 170 valence electrons. The highest BCUT2D eigenvalue weighted by molar-refractivity contribution is 5.88. The second kappa shape index (κ2) is 9.48. The molecule has 7 heteroatoms. The number of halogens is 4. The Hall–Kier alpha value is -3.61. The van der Waals surface area contributed by atoms with Gasteiger partial charge in [0.05, 0.1) is 18.5 Å². The Morgan fingerprint density at radius 2 is 1.61 bits per heavy atom. The molecule has 4 rings (SSSR count). The molecule has 0 saturated heterocycles. The Kier molecular flexibility index (Phi) is 6.49. The Morgan fingerprint density at radius 1 is 0.848 bits per heavy atom. The third kappa shape index (κ3) is 5.61. The maximum atomic E-state index is 15.1. The molecular formula is C26H21F4NO2. The van der Waals surface area contributed by atoms with E-state index in [9.17, 15) is 13.2 Å². The van der Waals surface area contributed by atoms with Crippen LogP contribution in [0.25, 0.3) is 22.0 Å². The van der Waals surface area contributed by atoms with Gasteiger partial charge < -0.3 is 9.47 Å². The van der Waals surface area contributed by atoms with Gasteiger partial charge in [-0.05, 0) is 66.6 Å². The first-order valence-electron chi connectivity index (χ1n) is 10.5. The minimum Gasteiger partial charge on any atom is -0.492 e. The first-order chi connectivity index (χ1) is 15.8. The molecule has 0 aliphatic rings. The van der Waals surface area contributed by atoms with Crippen LogP contribution in [0.5, 0.6) is 11.5 Å². The van der Waals surface area contributed by atoms with Gasteiger partial charge in [-0.25, -0.2) is 4.39 Å². The van der Waals surface area contributed by atoms with Crippen molar-refractivity contribution in [2.45, 2.75) is 26.1 Å². The Bertz CT molecular complexity index is 1240. The van der Waals surface area contributed by atoms with Gasteiger partial charge in [0.15, 0.2) is 0 Å². The van der Waals surface area contributed by atoms with Crippen LogP contribution in [0, 0.1) is 5.82 Å². The highest BCUT2D eigenvalue weighted by atomic mass is 19.4. The van der Waals surface area contributed by atoms with E-state index in [1.54, 1.807) is 30.5 Å². The zero-order valence-electron chi connectivity index (χ0n) is 17.8. The van der Waals surface area contributed by atoms with Crippen molar-refractivity contribution in [3.05, 3.63) is 89.9 Å². The first-order valence-corrected chi connectivity index (χ1v) is 10.5. The van der Waals surface area contributed by atoms with E-state index in [2.05, 4.69) is 9.72 Å². The SMILES string of the molecule is CCOc1ccc(-c2ccc3c(F)c(CCc4ccc(OC(F)(F)F)cc4)ccc3c2)nc1. The molecule has 0 aliphatic carbocycles. The topological polar surface area (TPSA) is 31.4 Å². The lowest BCUT2D eigenvalue weighted by Gasteiger charge is -2.10. The van der Waals surface area contributed by atoms with Crippen LogP contribution in [-0.2, 0) is 12.8 Å². The molecule has 0 N–H and O–H groups in total. The maximum absolute atomic E-state index is 15.1. The number of hydrogen-bond donors (Lipinski definition) is 0. The fourth-order valence-electron chi connectivity index (χ4n) is 3.63. The first kappa shape index (κ1) is 22.6. The summed E-state index contributed by atoms with van der Waals surface area (Å²) in [6.07, 6.45) is -2.15. The van der Waals surface area contributed by atoms with E-state index >= 15 is 4.39 Å². The molecule has 4 aromatic rings. The molecule has 0 saturated carbocycles. The van der Waals surface area contributed by atoms with E-state index in [0.717, 1.165) is 22.2 Å². The minimum absolute atomic E-state index is 0.277. The number of benzene rings is 3. The van der Waals surface area contributed by atoms with Gasteiger partial charge in [-0.1, -0.05) is 36.4 Å². The molecule has 0 aliphatic heterocycles. The largest absolute Gasteiger partial charge is 0.573 e. The van der Waals surface area contributed by atoms with E-state index in [1.165, 1.54) is 12.1 Å². The number of fused-ring (bicyclic) bond motifs is 1. The van der Waals surface area contributed by atoms with Gasteiger partial charge in [0.1, 0.15) is 17.3 Å². The van der Waals surface area contributed by atoms with Crippen molar-refractivity contribution in [3.63, 3.8) is 0 Å². The minimum atomic E-state index is -4.72. The number of nitrogens with zero attached hydrogens (tertiary/aromatic N) is 1. The molecule has 1 aromatic heterocycles. The highest BCUT2D eigenvalue weighted by Crippen LogP contribution is 2.28. The summed E-state index contributed by atoms with van der Waals surface area (Å²) in [7, 11) is 0. The molecular weight excluding hydrogens is 434 g/mol. The molecule has 0 bridgehead atoms. The van der Waals surface area contributed by atoms with Crippen molar-refractivity contribution >= 4 is 10.8 Å². The van der Waals surface area contributed by atoms with Crippen molar-refractivity contribution in [2.75, 3.05) is 6.61 Å². The second-order valence-electron chi connectivity index (χ2n) is 7.48. The highest BCUT2D eigenvalue weighted by Gasteiger charge is 2.30. The Morgan fingerprint density at radius 3 is 2.27 bits per heavy atom. The van der Waals surface area contributed by atoms with Gasteiger partial charge in [0.25, 0.3) is 0 Å². The van der Waals surface area contributed by atoms with Crippen LogP contribution in [-0.4, -0.2) is 18.0 Å². The number of alkyl halides is 3. The van der Waals surface area contributed by atoms with Crippen LogP contribution in [0.15, 0.2) is 72.9 Å². The smallest absolute Gasteiger partial charge is 0.492 e. The van der Waals surface area contributed by atoms with Crippen LogP contribution in [0.3, 0.4) is 0 Å². The monoisotopic (exact) mass is 455 g/mol. The lowest BCUT2D eigenvalue weighted by molar-refractivity contribution is -0.274. The zero-order valence-corrected chi connectivity index (χ0v) is 17.8. The van der Waals surface area contributed by atoms with E-state index in [-0.39, 0.29) is 11.6 Å². The molecule has 0 radical (unpaired) electrons. The average molecular weight is 455 g/mol. The van der Waals surface area contributed by atoms with Gasteiger partial charge in [0.2, 0.25) is 0 Å². The van der Waals surface area contributed by atoms with Crippen LogP contribution < -0.4 is 9.47 Å². The van der Waals surface area contributed by atoms with Gasteiger partial charge in [-0.15, -0.1) is 13.2 Å². The number of aromatic nitrogens is 1. The molecule has 33 heavy (non-hydrogen) atoms. The summed E-state index contributed by atoms with van der Waals surface area (Å²) in [5.74, 6) is 0.122. The van der Waals surface area contributed by atoms with Gasteiger partial charge in [-0.2, -0.15) is 0 Å². The van der Waals surface area contributed by atoms with E-state index in [4.69, 9.17) is 4.74 Å². The average Bonchev–Trinajstić information content (AvgIpc) is 2.79. The summed E-state index contributed by atoms with van der Waals surface area (Å²) in [5.41, 5.74) is 2.98. The molecule has 0 fully saturated rings.